The highest BCUT2D eigenvalue weighted by Gasteiger charge is 2.24. The molecule has 118 valence electrons. The van der Waals surface area contributed by atoms with Crippen molar-refractivity contribution in [2.45, 2.75) is 38.6 Å². The highest BCUT2D eigenvalue weighted by molar-refractivity contribution is 8.00. The smallest absolute Gasteiger partial charge is 0.123 e. The zero-order valence-electron chi connectivity index (χ0n) is 13.5. The molecule has 0 radical (unpaired) electrons. The summed E-state index contributed by atoms with van der Waals surface area (Å²) >= 11 is 2.08. The number of rotatable bonds is 7. The third-order valence-electron chi connectivity index (χ3n) is 4.19. The topological polar surface area (TPSA) is 24.5 Å². The molecule has 2 rings (SSSR count). The summed E-state index contributed by atoms with van der Waals surface area (Å²) in [6, 6.07) is 8.98. The Labute approximate surface area is 133 Å². The molecule has 21 heavy (non-hydrogen) atoms. The first kappa shape index (κ1) is 16.7. The van der Waals surface area contributed by atoms with Crippen molar-refractivity contribution in [3.63, 3.8) is 0 Å². The van der Waals surface area contributed by atoms with Crippen molar-refractivity contribution in [2.24, 2.45) is 0 Å². The Bertz CT molecular complexity index is 427. The highest BCUT2D eigenvalue weighted by Crippen LogP contribution is 2.24. The minimum Gasteiger partial charge on any atom is -0.492 e. The predicted molar refractivity (Wildman–Crippen MR) is 92.3 cm³/mol. The van der Waals surface area contributed by atoms with E-state index in [0.717, 1.165) is 37.2 Å². The molecule has 1 fully saturated rings. The van der Waals surface area contributed by atoms with E-state index in [9.17, 15) is 0 Å². The Morgan fingerprint density at radius 2 is 2.14 bits per heavy atom. The Hall–Kier alpha value is -0.710. The first-order valence-electron chi connectivity index (χ1n) is 7.99. The molecule has 2 unspecified atom stereocenters. The molecule has 1 aliphatic rings. The number of para-hydroxylation sites is 1. The molecule has 0 aliphatic carbocycles. The van der Waals surface area contributed by atoms with Crippen LogP contribution in [0.3, 0.4) is 0 Å². The van der Waals surface area contributed by atoms with Gasteiger partial charge in [-0.25, -0.2) is 0 Å². The lowest BCUT2D eigenvalue weighted by molar-refractivity contribution is 0.170. The van der Waals surface area contributed by atoms with E-state index in [2.05, 4.69) is 60.9 Å². The molecule has 0 bridgehead atoms. The first-order valence-corrected chi connectivity index (χ1v) is 9.04. The predicted octanol–water partition coefficient (Wildman–Crippen LogP) is 3.00. The number of nitrogens with zero attached hydrogens (tertiary/aromatic N) is 1. The van der Waals surface area contributed by atoms with Crippen LogP contribution in [-0.4, -0.2) is 48.2 Å². The maximum Gasteiger partial charge on any atom is 0.123 e. The fourth-order valence-corrected chi connectivity index (χ4v) is 3.80. The Morgan fingerprint density at radius 3 is 2.95 bits per heavy atom. The van der Waals surface area contributed by atoms with E-state index in [0.29, 0.717) is 6.04 Å². The largest absolute Gasteiger partial charge is 0.492 e. The summed E-state index contributed by atoms with van der Waals surface area (Å²) in [5.41, 5.74) is 1.25. The van der Waals surface area contributed by atoms with Gasteiger partial charge in [-0.15, -0.1) is 0 Å². The van der Waals surface area contributed by atoms with E-state index < -0.39 is 0 Å². The van der Waals surface area contributed by atoms with Gasteiger partial charge in [0.05, 0.1) is 0 Å². The van der Waals surface area contributed by atoms with Gasteiger partial charge in [-0.2, -0.15) is 11.8 Å². The van der Waals surface area contributed by atoms with E-state index >= 15 is 0 Å². The molecule has 1 saturated heterocycles. The van der Waals surface area contributed by atoms with Crippen molar-refractivity contribution in [2.75, 3.05) is 32.0 Å². The minimum atomic E-state index is 0.643. The van der Waals surface area contributed by atoms with Crippen LogP contribution >= 0.6 is 11.8 Å². The van der Waals surface area contributed by atoms with Gasteiger partial charge in [0.2, 0.25) is 0 Å². The van der Waals surface area contributed by atoms with Crippen molar-refractivity contribution in [1.29, 1.82) is 0 Å². The molecule has 0 amide bonds. The van der Waals surface area contributed by atoms with Gasteiger partial charge in [0.15, 0.2) is 0 Å². The van der Waals surface area contributed by atoms with Crippen molar-refractivity contribution >= 4 is 11.8 Å². The molecule has 2 atom stereocenters. The second-order valence-corrected chi connectivity index (χ2v) is 7.07. The van der Waals surface area contributed by atoms with E-state index in [4.69, 9.17) is 4.74 Å². The molecule has 1 aromatic carbocycles. The van der Waals surface area contributed by atoms with E-state index in [1.54, 1.807) is 0 Å². The van der Waals surface area contributed by atoms with Crippen LogP contribution in [0, 0.1) is 0 Å². The van der Waals surface area contributed by atoms with E-state index in [1.807, 2.05) is 6.07 Å². The summed E-state index contributed by atoms with van der Waals surface area (Å²) in [6.07, 6.45) is 0. The number of hydrogen-bond donors (Lipinski definition) is 1. The SMILES string of the molecule is CCNCc1ccccc1OCCN1CCSC(C)C1C. The van der Waals surface area contributed by atoms with Gasteiger partial charge in [-0.3, -0.25) is 4.90 Å². The molecular weight excluding hydrogens is 280 g/mol. The Balaban J connectivity index is 1.83. The summed E-state index contributed by atoms with van der Waals surface area (Å²) in [5, 5.41) is 4.09. The van der Waals surface area contributed by atoms with Crippen LogP contribution in [0.1, 0.15) is 26.3 Å². The summed E-state index contributed by atoms with van der Waals surface area (Å²) in [4.78, 5) is 2.55. The van der Waals surface area contributed by atoms with Crippen LogP contribution in [-0.2, 0) is 6.54 Å². The molecule has 0 saturated carbocycles. The molecular formula is C17H28N2OS. The summed E-state index contributed by atoms with van der Waals surface area (Å²) < 4.78 is 6.03. The van der Waals surface area contributed by atoms with Crippen LogP contribution in [0.15, 0.2) is 24.3 Å². The second-order valence-electron chi connectivity index (χ2n) is 5.59. The third-order valence-corrected chi connectivity index (χ3v) is 5.53. The van der Waals surface area contributed by atoms with Gasteiger partial charge in [0.25, 0.3) is 0 Å². The maximum absolute atomic E-state index is 6.03. The normalized spacial score (nSPS) is 23.2. The van der Waals surface area contributed by atoms with Gasteiger partial charge in [0, 0.05) is 42.2 Å². The van der Waals surface area contributed by atoms with Crippen molar-refractivity contribution < 1.29 is 4.74 Å². The second kappa shape index (κ2) is 8.66. The molecule has 3 nitrogen and oxygen atoms in total. The zero-order chi connectivity index (χ0) is 15.1. The van der Waals surface area contributed by atoms with Crippen LogP contribution in [0.2, 0.25) is 0 Å². The lowest BCUT2D eigenvalue weighted by Gasteiger charge is -2.37. The number of ether oxygens (including phenoxy) is 1. The maximum atomic E-state index is 6.03. The van der Waals surface area contributed by atoms with Gasteiger partial charge in [0.1, 0.15) is 12.4 Å². The van der Waals surface area contributed by atoms with Crippen LogP contribution < -0.4 is 10.1 Å². The summed E-state index contributed by atoms with van der Waals surface area (Å²) in [6.45, 7) is 11.6. The molecule has 0 aromatic heterocycles. The van der Waals surface area contributed by atoms with Crippen LogP contribution in [0.25, 0.3) is 0 Å². The van der Waals surface area contributed by atoms with Gasteiger partial charge in [-0.05, 0) is 19.5 Å². The third kappa shape index (κ3) is 4.90. The number of benzene rings is 1. The van der Waals surface area contributed by atoms with Crippen molar-refractivity contribution in [3.8, 4) is 5.75 Å². The summed E-state index contributed by atoms with van der Waals surface area (Å²) in [5.74, 6) is 2.26. The van der Waals surface area contributed by atoms with Gasteiger partial charge >= 0.3 is 0 Å². The van der Waals surface area contributed by atoms with Gasteiger partial charge < -0.3 is 10.1 Å². The quantitative estimate of drug-likeness (QED) is 0.837. The van der Waals surface area contributed by atoms with Crippen LogP contribution in [0.5, 0.6) is 5.75 Å². The van der Waals surface area contributed by atoms with E-state index in [-0.39, 0.29) is 0 Å². The standard InChI is InChI=1S/C17H28N2OS/c1-4-18-13-16-7-5-6-8-17(16)20-11-9-19-10-12-21-15(3)14(19)2/h5-8,14-15,18H,4,9-13H2,1-3H3. The summed E-state index contributed by atoms with van der Waals surface area (Å²) in [7, 11) is 0. The lowest BCUT2D eigenvalue weighted by Crippen LogP contribution is -2.46. The zero-order valence-corrected chi connectivity index (χ0v) is 14.3. The van der Waals surface area contributed by atoms with Crippen molar-refractivity contribution in [3.05, 3.63) is 29.8 Å². The fraction of sp³-hybridized carbons (Fsp3) is 0.647. The van der Waals surface area contributed by atoms with Crippen LogP contribution in [0.4, 0.5) is 0 Å². The number of thioether (sulfide) groups is 1. The average molecular weight is 308 g/mol. The monoisotopic (exact) mass is 308 g/mol. The minimum absolute atomic E-state index is 0.643. The van der Waals surface area contributed by atoms with E-state index in [1.165, 1.54) is 17.9 Å². The highest BCUT2D eigenvalue weighted by atomic mass is 32.2. The van der Waals surface area contributed by atoms with Gasteiger partial charge in [-0.1, -0.05) is 32.0 Å². The Kier molecular flexibility index (Phi) is 6.87. The van der Waals surface area contributed by atoms with Crippen molar-refractivity contribution in [1.82, 2.24) is 10.2 Å². The molecule has 4 heteroatoms. The molecule has 1 aromatic rings. The lowest BCUT2D eigenvalue weighted by atomic mass is 10.2. The molecule has 1 N–H and O–H groups in total. The average Bonchev–Trinajstić information content (AvgIpc) is 2.50. The molecule has 1 aliphatic heterocycles. The molecule has 0 spiro atoms. The first-order chi connectivity index (χ1) is 10.2. The molecule has 1 heterocycles. The number of nitrogens with one attached hydrogen (secondary N) is 1. The fourth-order valence-electron chi connectivity index (χ4n) is 2.63. The number of hydrogen-bond acceptors (Lipinski definition) is 4. The Morgan fingerprint density at radius 1 is 1.33 bits per heavy atom.